The summed E-state index contributed by atoms with van der Waals surface area (Å²) in [6, 6.07) is 9.51. The highest BCUT2D eigenvalue weighted by atomic mass is 35.5. The summed E-state index contributed by atoms with van der Waals surface area (Å²) in [5.41, 5.74) is 7.08. The number of nitrogen functional groups attached to an aromatic ring is 1. The summed E-state index contributed by atoms with van der Waals surface area (Å²) in [4.78, 5) is 11.8. The minimum atomic E-state index is -0.632. The first-order chi connectivity index (χ1) is 11.1. The molecular formula is C16H17ClN4O2. The summed E-state index contributed by atoms with van der Waals surface area (Å²) in [5, 5.41) is 14.0. The number of esters is 1. The lowest BCUT2D eigenvalue weighted by atomic mass is 10.1. The van der Waals surface area contributed by atoms with Gasteiger partial charge in [0.2, 0.25) is 0 Å². The number of benzene rings is 1. The molecule has 0 amide bonds. The molecule has 7 heteroatoms. The number of hydrogen-bond donors (Lipinski definition) is 1. The number of rotatable bonds is 6. The second-order valence-corrected chi connectivity index (χ2v) is 5.33. The van der Waals surface area contributed by atoms with Crippen LogP contribution in [0.3, 0.4) is 0 Å². The number of hydrogen-bond acceptors (Lipinski definition) is 5. The molecule has 1 aromatic carbocycles. The summed E-state index contributed by atoms with van der Waals surface area (Å²) in [6.45, 7) is 2.41. The third-order valence-corrected chi connectivity index (χ3v) is 3.57. The van der Waals surface area contributed by atoms with Crippen molar-refractivity contribution in [3.63, 3.8) is 0 Å². The molecule has 120 valence electrons. The van der Waals surface area contributed by atoms with E-state index in [1.807, 2.05) is 30.3 Å². The van der Waals surface area contributed by atoms with Crippen molar-refractivity contribution in [1.82, 2.24) is 9.78 Å². The van der Waals surface area contributed by atoms with Gasteiger partial charge in [0.05, 0.1) is 6.61 Å². The van der Waals surface area contributed by atoms with Gasteiger partial charge in [0.15, 0.2) is 5.69 Å². The summed E-state index contributed by atoms with van der Waals surface area (Å²) in [5.74, 6) is -0.445. The van der Waals surface area contributed by atoms with E-state index in [1.165, 1.54) is 4.68 Å². The molecule has 0 unspecified atom stereocenters. The Hall–Kier alpha value is -2.52. The van der Waals surface area contributed by atoms with Gasteiger partial charge in [-0.2, -0.15) is 10.4 Å². The highest BCUT2D eigenvalue weighted by Gasteiger charge is 2.22. The zero-order chi connectivity index (χ0) is 16.8. The molecule has 2 aromatic rings. The molecule has 1 aromatic heterocycles. The lowest BCUT2D eigenvalue weighted by molar-refractivity contribution is 0.0518. The van der Waals surface area contributed by atoms with E-state index in [2.05, 4.69) is 5.10 Å². The van der Waals surface area contributed by atoms with Crippen LogP contribution >= 0.6 is 11.6 Å². The smallest absolute Gasteiger partial charge is 0.360 e. The molecule has 0 spiro atoms. The third-order valence-electron chi connectivity index (χ3n) is 3.32. The summed E-state index contributed by atoms with van der Waals surface area (Å²) < 4.78 is 6.36. The molecule has 6 nitrogen and oxygen atoms in total. The van der Waals surface area contributed by atoms with Gasteiger partial charge in [-0.3, -0.25) is 0 Å². The maximum Gasteiger partial charge on any atom is 0.360 e. The number of aromatic nitrogens is 2. The molecule has 0 aliphatic carbocycles. The van der Waals surface area contributed by atoms with Gasteiger partial charge in [-0.15, -0.1) is 0 Å². The van der Waals surface area contributed by atoms with Crippen LogP contribution in [0.15, 0.2) is 24.3 Å². The first kappa shape index (κ1) is 16.8. The Morgan fingerprint density at radius 1 is 1.43 bits per heavy atom. The van der Waals surface area contributed by atoms with Crippen LogP contribution in [0.2, 0.25) is 5.02 Å². The maximum absolute atomic E-state index is 11.8. The largest absolute Gasteiger partial charge is 0.461 e. The standard InChI is InChI=1S/C16H17ClN4O2/c1-2-23-16(22)14-13(10-18)15(19)21(20-14)9-3-4-11-5-7-12(17)8-6-11/h5-8H,2-4,9,19H2,1H3. The summed E-state index contributed by atoms with van der Waals surface area (Å²) in [7, 11) is 0. The van der Waals surface area contributed by atoms with Gasteiger partial charge in [-0.1, -0.05) is 23.7 Å². The highest BCUT2D eigenvalue weighted by molar-refractivity contribution is 6.30. The Kier molecular flexibility index (Phi) is 5.61. The van der Waals surface area contributed by atoms with Gasteiger partial charge in [-0.25, -0.2) is 9.48 Å². The fourth-order valence-electron chi connectivity index (χ4n) is 2.18. The second-order valence-electron chi connectivity index (χ2n) is 4.89. The molecule has 0 fully saturated rings. The number of nitrogens with two attached hydrogens (primary N) is 1. The minimum absolute atomic E-state index is 0.0293. The van der Waals surface area contributed by atoms with Gasteiger partial charge in [0.1, 0.15) is 17.5 Å². The number of carbonyl (C=O) groups excluding carboxylic acids is 1. The van der Waals surface area contributed by atoms with Gasteiger partial charge in [-0.05, 0) is 37.5 Å². The Bertz CT molecular complexity index is 732. The van der Waals surface area contributed by atoms with E-state index in [0.717, 1.165) is 18.4 Å². The predicted molar refractivity (Wildman–Crippen MR) is 87.1 cm³/mol. The van der Waals surface area contributed by atoms with E-state index >= 15 is 0 Å². The molecule has 1 heterocycles. The number of anilines is 1. The van der Waals surface area contributed by atoms with Crippen molar-refractivity contribution in [3.8, 4) is 6.07 Å². The number of halogens is 1. The van der Waals surface area contributed by atoms with E-state index in [9.17, 15) is 4.79 Å². The number of ether oxygens (including phenoxy) is 1. The van der Waals surface area contributed by atoms with E-state index in [4.69, 9.17) is 27.3 Å². The Morgan fingerprint density at radius 3 is 2.74 bits per heavy atom. The molecule has 0 saturated heterocycles. The van der Waals surface area contributed by atoms with E-state index < -0.39 is 5.97 Å². The Labute approximate surface area is 139 Å². The lowest BCUT2D eigenvalue weighted by Crippen LogP contribution is -2.09. The number of nitrogens with zero attached hydrogens (tertiary/aromatic N) is 3. The van der Waals surface area contributed by atoms with Crippen LogP contribution < -0.4 is 5.73 Å². The normalized spacial score (nSPS) is 10.3. The molecule has 2 rings (SSSR count). The highest BCUT2D eigenvalue weighted by Crippen LogP contribution is 2.18. The fourth-order valence-corrected chi connectivity index (χ4v) is 2.31. The zero-order valence-corrected chi connectivity index (χ0v) is 13.5. The van der Waals surface area contributed by atoms with Gasteiger partial charge < -0.3 is 10.5 Å². The second kappa shape index (κ2) is 7.65. The van der Waals surface area contributed by atoms with Crippen molar-refractivity contribution in [2.24, 2.45) is 0 Å². The van der Waals surface area contributed by atoms with Crippen LogP contribution in [0.5, 0.6) is 0 Å². The first-order valence-electron chi connectivity index (χ1n) is 7.24. The molecule has 0 bridgehead atoms. The van der Waals surface area contributed by atoms with E-state index in [-0.39, 0.29) is 23.7 Å². The van der Waals surface area contributed by atoms with Gasteiger partial charge >= 0.3 is 5.97 Å². The van der Waals surface area contributed by atoms with Crippen molar-refractivity contribution in [3.05, 3.63) is 46.1 Å². The monoisotopic (exact) mass is 332 g/mol. The molecule has 0 aliphatic rings. The molecule has 2 N–H and O–H groups in total. The number of nitriles is 1. The number of carbonyl (C=O) groups is 1. The van der Waals surface area contributed by atoms with Crippen LogP contribution in [0.4, 0.5) is 5.82 Å². The zero-order valence-electron chi connectivity index (χ0n) is 12.8. The topological polar surface area (TPSA) is 93.9 Å². The van der Waals surface area contributed by atoms with Crippen LogP contribution in [-0.2, 0) is 17.7 Å². The number of aryl methyl sites for hydroxylation is 2. The van der Waals surface area contributed by atoms with Crippen molar-refractivity contribution in [1.29, 1.82) is 5.26 Å². The predicted octanol–water partition coefficient (Wildman–Crippen LogP) is 2.80. The van der Waals surface area contributed by atoms with Crippen LogP contribution in [0.1, 0.15) is 35.0 Å². The summed E-state index contributed by atoms with van der Waals surface area (Å²) >= 11 is 5.85. The van der Waals surface area contributed by atoms with E-state index in [1.54, 1.807) is 6.92 Å². The molecule has 23 heavy (non-hydrogen) atoms. The van der Waals surface area contributed by atoms with Crippen molar-refractivity contribution in [2.75, 3.05) is 12.3 Å². The van der Waals surface area contributed by atoms with Crippen molar-refractivity contribution < 1.29 is 9.53 Å². The van der Waals surface area contributed by atoms with Crippen LogP contribution in [0.25, 0.3) is 0 Å². The maximum atomic E-state index is 11.8. The lowest BCUT2D eigenvalue weighted by Gasteiger charge is -2.04. The third kappa shape index (κ3) is 4.02. The van der Waals surface area contributed by atoms with Crippen LogP contribution in [-0.4, -0.2) is 22.4 Å². The summed E-state index contributed by atoms with van der Waals surface area (Å²) in [6.07, 6.45) is 1.58. The van der Waals surface area contributed by atoms with E-state index in [0.29, 0.717) is 11.6 Å². The molecule has 0 aliphatic heterocycles. The average molecular weight is 333 g/mol. The van der Waals surface area contributed by atoms with Crippen LogP contribution in [0, 0.1) is 11.3 Å². The van der Waals surface area contributed by atoms with Gasteiger partial charge in [0.25, 0.3) is 0 Å². The van der Waals surface area contributed by atoms with Crippen molar-refractivity contribution >= 4 is 23.4 Å². The molecule has 0 saturated carbocycles. The SMILES string of the molecule is CCOC(=O)c1nn(CCCc2ccc(Cl)cc2)c(N)c1C#N. The van der Waals surface area contributed by atoms with Crippen molar-refractivity contribution in [2.45, 2.75) is 26.3 Å². The molecule has 0 atom stereocenters. The quantitative estimate of drug-likeness (QED) is 0.821. The first-order valence-corrected chi connectivity index (χ1v) is 7.62. The Balaban J connectivity index is 2.06. The Morgan fingerprint density at radius 2 is 2.13 bits per heavy atom. The minimum Gasteiger partial charge on any atom is -0.461 e. The average Bonchev–Trinajstić information content (AvgIpc) is 2.86. The van der Waals surface area contributed by atoms with Gasteiger partial charge in [0, 0.05) is 11.6 Å². The fraction of sp³-hybridized carbons (Fsp3) is 0.312. The molecule has 0 radical (unpaired) electrons. The molecular weight excluding hydrogens is 316 g/mol.